The van der Waals surface area contributed by atoms with Crippen LogP contribution in [0.15, 0.2) is 24.3 Å². The van der Waals surface area contributed by atoms with Crippen LogP contribution in [0.1, 0.15) is 17.2 Å². The zero-order chi connectivity index (χ0) is 11.5. The fourth-order valence-electron chi connectivity index (χ4n) is 1.75. The van der Waals surface area contributed by atoms with Gasteiger partial charge in [-0.1, -0.05) is 29.8 Å². The fourth-order valence-corrected chi connectivity index (χ4v) is 1.75. The zero-order valence-electron chi connectivity index (χ0n) is 9.05. The van der Waals surface area contributed by atoms with Crippen LogP contribution in [0.2, 0.25) is 0 Å². The van der Waals surface area contributed by atoms with E-state index in [1.54, 1.807) is 0 Å². The molecule has 86 valence electrons. The highest BCUT2D eigenvalue weighted by molar-refractivity contribution is 5.73. The summed E-state index contributed by atoms with van der Waals surface area (Å²) in [6.45, 7) is 2.75. The summed E-state index contributed by atoms with van der Waals surface area (Å²) in [6, 6.07) is 7.63. The Kier molecular flexibility index (Phi) is 3.22. The van der Waals surface area contributed by atoms with Crippen LogP contribution in [-0.4, -0.2) is 30.4 Å². The molecule has 2 rings (SSSR count). The summed E-state index contributed by atoms with van der Waals surface area (Å²) in [5, 5.41) is 9.02. The van der Waals surface area contributed by atoms with Crippen LogP contribution in [0.3, 0.4) is 0 Å². The zero-order valence-corrected chi connectivity index (χ0v) is 9.05. The Hall–Kier alpha value is -1.39. The number of rotatable bonds is 2. The molecule has 0 saturated carbocycles. The largest absolute Gasteiger partial charge is 0.479 e. The van der Waals surface area contributed by atoms with Crippen molar-refractivity contribution < 1.29 is 19.4 Å². The summed E-state index contributed by atoms with van der Waals surface area (Å²) < 4.78 is 10.7. The third-order valence-corrected chi connectivity index (χ3v) is 2.60. The highest BCUT2D eigenvalue weighted by atomic mass is 16.6. The van der Waals surface area contributed by atoms with E-state index in [1.807, 2.05) is 31.2 Å². The third-order valence-electron chi connectivity index (χ3n) is 2.60. The predicted molar refractivity (Wildman–Crippen MR) is 57.2 cm³/mol. The lowest BCUT2D eigenvalue weighted by atomic mass is 10.0. The number of aryl methyl sites for hydroxylation is 1. The third kappa shape index (κ3) is 2.23. The molecule has 0 unspecified atom stereocenters. The average molecular weight is 222 g/mol. The van der Waals surface area contributed by atoms with Gasteiger partial charge in [0.05, 0.1) is 13.2 Å². The van der Waals surface area contributed by atoms with Gasteiger partial charge >= 0.3 is 5.97 Å². The van der Waals surface area contributed by atoms with Crippen molar-refractivity contribution in [2.75, 3.05) is 13.2 Å². The monoisotopic (exact) mass is 222 g/mol. The van der Waals surface area contributed by atoms with Crippen LogP contribution >= 0.6 is 0 Å². The second-order valence-corrected chi connectivity index (χ2v) is 3.83. The normalized spacial score (nSPS) is 25.3. The van der Waals surface area contributed by atoms with E-state index in [0.29, 0.717) is 13.2 Å². The van der Waals surface area contributed by atoms with Crippen LogP contribution in [0.25, 0.3) is 0 Å². The van der Waals surface area contributed by atoms with Crippen molar-refractivity contribution in [1.82, 2.24) is 0 Å². The quantitative estimate of drug-likeness (QED) is 0.824. The molecule has 0 aromatic heterocycles. The van der Waals surface area contributed by atoms with Crippen molar-refractivity contribution >= 4 is 5.97 Å². The number of carboxylic acids is 1. The van der Waals surface area contributed by atoms with Crippen LogP contribution < -0.4 is 0 Å². The molecular weight excluding hydrogens is 208 g/mol. The highest BCUT2D eigenvalue weighted by Crippen LogP contribution is 2.27. The Morgan fingerprint density at radius 1 is 1.25 bits per heavy atom. The fraction of sp³-hybridized carbons (Fsp3) is 0.417. The van der Waals surface area contributed by atoms with Gasteiger partial charge in [-0.25, -0.2) is 4.79 Å². The van der Waals surface area contributed by atoms with E-state index in [0.717, 1.165) is 11.1 Å². The maximum absolute atomic E-state index is 11.0. The first-order valence-electron chi connectivity index (χ1n) is 5.21. The van der Waals surface area contributed by atoms with Gasteiger partial charge in [-0.05, 0) is 12.5 Å². The number of ether oxygens (including phenoxy) is 2. The number of carboxylic acid groups (broad SMARTS) is 1. The van der Waals surface area contributed by atoms with E-state index >= 15 is 0 Å². The summed E-state index contributed by atoms with van der Waals surface area (Å²) >= 11 is 0. The SMILES string of the molecule is Cc1ccc([C@H]2OCCO[C@H]2C(=O)O)cc1. The minimum Gasteiger partial charge on any atom is -0.479 e. The molecule has 0 bridgehead atoms. The Morgan fingerprint density at radius 2 is 1.88 bits per heavy atom. The molecule has 1 aromatic rings. The maximum atomic E-state index is 11.0. The molecule has 1 N–H and O–H groups in total. The highest BCUT2D eigenvalue weighted by Gasteiger charge is 2.33. The molecule has 1 saturated heterocycles. The molecule has 4 nitrogen and oxygen atoms in total. The lowest BCUT2D eigenvalue weighted by Crippen LogP contribution is -2.38. The van der Waals surface area contributed by atoms with Gasteiger partial charge in [0.15, 0.2) is 6.10 Å². The van der Waals surface area contributed by atoms with Crippen LogP contribution in [-0.2, 0) is 14.3 Å². The summed E-state index contributed by atoms with van der Waals surface area (Å²) in [5.74, 6) is -0.981. The van der Waals surface area contributed by atoms with Crippen LogP contribution in [0.5, 0.6) is 0 Å². The van der Waals surface area contributed by atoms with Gasteiger partial charge in [-0.15, -0.1) is 0 Å². The van der Waals surface area contributed by atoms with Gasteiger partial charge in [0.25, 0.3) is 0 Å². The van der Waals surface area contributed by atoms with E-state index in [-0.39, 0.29) is 0 Å². The first kappa shape index (κ1) is 11.1. The molecule has 1 fully saturated rings. The van der Waals surface area contributed by atoms with Gasteiger partial charge in [0, 0.05) is 0 Å². The van der Waals surface area contributed by atoms with Gasteiger partial charge in [-0.2, -0.15) is 0 Å². The lowest BCUT2D eigenvalue weighted by Gasteiger charge is -2.29. The minimum absolute atomic E-state index is 0.333. The molecule has 0 spiro atoms. The Bertz CT molecular complexity index is 371. The molecule has 16 heavy (non-hydrogen) atoms. The smallest absolute Gasteiger partial charge is 0.335 e. The van der Waals surface area contributed by atoms with Crippen LogP contribution in [0, 0.1) is 6.92 Å². The topological polar surface area (TPSA) is 55.8 Å². The number of benzene rings is 1. The molecule has 0 radical (unpaired) electrons. The standard InChI is InChI=1S/C12H14O4/c1-8-2-4-9(5-3-8)10-11(12(13)14)16-7-6-15-10/h2-5,10-11H,6-7H2,1H3,(H,13,14)/t10-,11-/m1/s1. The van der Waals surface area contributed by atoms with Crippen molar-refractivity contribution in [1.29, 1.82) is 0 Å². The van der Waals surface area contributed by atoms with Crippen molar-refractivity contribution in [2.45, 2.75) is 19.1 Å². The van der Waals surface area contributed by atoms with Gasteiger partial charge in [0.1, 0.15) is 6.10 Å². The van der Waals surface area contributed by atoms with E-state index < -0.39 is 18.2 Å². The number of aliphatic carboxylic acids is 1. The number of hydrogen-bond donors (Lipinski definition) is 1. The van der Waals surface area contributed by atoms with Crippen molar-refractivity contribution in [3.8, 4) is 0 Å². The molecule has 1 aliphatic heterocycles. The summed E-state index contributed by atoms with van der Waals surface area (Å²) in [4.78, 5) is 11.0. The van der Waals surface area contributed by atoms with Crippen molar-refractivity contribution in [2.24, 2.45) is 0 Å². The number of hydrogen-bond acceptors (Lipinski definition) is 3. The van der Waals surface area contributed by atoms with E-state index in [9.17, 15) is 4.79 Å². The van der Waals surface area contributed by atoms with Gasteiger partial charge in [0.2, 0.25) is 0 Å². The van der Waals surface area contributed by atoms with Crippen molar-refractivity contribution in [3.63, 3.8) is 0 Å². The van der Waals surface area contributed by atoms with Crippen LogP contribution in [0.4, 0.5) is 0 Å². The second-order valence-electron chi connectivity index (χ2n) is 3.83. The second kappa shape index (κ2) is 4.63. The maximum Gasteiger partial charge on any atom is 0.335 e. The summed E-state index contributed by atoms with van der Waals surface area (Å²) in [7, 11) is 0. The first-order chi connectivity index (χ1) is 7.68. The molecule has 2 atom stereocenters. The van der Waals surface area contributed by atoms with E-state index in [2.05, 4.69) is 0 Å². The minimum atomic E-state index is -0.981. The van der Waals surface area contributed by atoms with E-state index in [4.69, 9.17) is 14.6 Å². The average Bonchev–Trinajstić information content (AvgIpc) is 2.30. The van der Waals surface area contributed by atoms with Crippen molar-refractivity contribution in [3.05, 3.63) is 35.4 Å². The molecule has 1 aliphatic rings. The number of carbonyl (C=O) groups is 1. The molecule has 0 amide bonds. The van der Waals surface area contributed by atoms with Gasteiger partial charge < -0.3 is 14.6 Å². The summed E-state index contributed by atoms with van der Waals surface area (Å²) in [6.07, 6.45) is -1.41. The van der Waals surface area contributed by atoms with Gasteiger partial charge in [-0.3, -0.25) is 0 Å². The Morgan fingerprint density at radius 3 is 2.50 bits per heavy atom. The molecule has 1 aromatic carbocycles. The predicted octanol–water partition coefficient (Wildman–Crippen LogP) is 1.54. The molecule has 0 aliphatic carbocycles. The lowest BCUT2D eigenvalue weighted by molar-refractivity contribution is -0.181. The Labute approximate surface area is 93.8 Å². The van der Waals surface area contributed by atoms with E-state index in [1.165, 1.54) is 0 Å². The Balaban J connectivity index is 2.23. The molecule has 1 heterocycles. The summed E-state index contributed by atoms with van der Waals surface area (Å²) in [5.41, 5.74) is 1.98. The first-order valence-corrected chi connectivity index (χ1v) is 5.21. The molecule has 4 heteroatoms. The molecular formula is C12H14O4.